The van der Waals surface area contributed by atoms with E-state index >= 15 is 0 Å². The molecule has 0 spiro atoms. The van der Waals surface area contributed by atoms with Crippen molar-refractivity contribution in [2.75, 3.05) is 49.6 Å². The van der Waals surface area contributed by atoms with Gasteiger partial charge in [0, 0.05) is 32.2 Å². The molecule has 1 atom stereocenters. The number of carbonyl (C=O) groups is 1. The zero-order chi connectivity index (χ0) is 24.1. The lowest BCUT2D eigenvalue weighted by atomic mass is 10.0. The fourth-order valence-corrected chi connectivity index (χ4v) is 4.31. The van der Waals surface area contributed by atoms with Crippen molar-refractivity contribution < 1.29 is 27.4 Å². The van der Waals surface area contributed by atoms with Crippen molar-refractivity contribution in [1.82, 2.24) is 5.32 Å². The topological polar surface area (TPSA) is 62.8 Å². The first-order valence-corrected chi connectivity index (χ1v) is 11.4. The fraction of sp³-hybridized carbons (Fsp3) is 0.400. The molecule has 6 nitrogen and oxygen atoms in total. The first-order valence-electron chi connectivity index (χ1n) is 11.4. The molecule has 0 radical (unpaired) electrons. The SMILES string of the molecule is CCNc1ccccc1N1CC[C@@H](NCCOC2=C(c3cccc(C(F)(F)F)c3)C(=O)OC2)C1. The molecule has 182 valence electrons. The van der Waals surface area contributed by atoms with E-state index < -0.39 is 17.7 Å². The summed E-state index contributed by atoms with van der Waals surface area (Å²) in [6.45, 7) is 5.47. The lowest BCUT2D eigenvalue weighted by Gasteiger charge is -2.22. The van der Waals surface area contributed by atoms with Gasteiger partial charge in [0.2, 0.25) is 0 Å². The number of nitrogens with one attached hydrogen (secondary N) is 2. The Balaban J connectivity index is 1.32. The van der Waals surface area contributed by atoms with Gasteiger partial charge in [-0.05, 0) is 43.2 Å². The number of carbonyl (C=O) groups excluding carboxylic acids is 1. The van der Waals surface area contributed by atoms with Gasteiger partial charge in [-0.15, -0.1) is 0 Å². The number of anilines is 2. The van der Waals surface area contributed by atoms with E-state index in [1.54, 1.807) is 0 Å². The third-order valence-electron chi connectivity index (χ3n) is 5.91. The Kier molecular flexibility index (Phi) is 7.31. The summed E-state index contributed by atoms with van der Waals surface area (Å²) in [6.07, 6.45) is -3.51. The van der Waals surface area contributed by atoms with Gasteiger partial charge in [0.1, 0.15) is 24.5 Å². The molecule has 1 fully saturated rings. The number of esters is 1. The number of ether oxygens (including phenoxy) is 2. The molecule has 0 amide bonds. The predicted molar refractivity (Wildman–Crippen MR) is 125 cm³/mol. The van der Waals surface area contributed by atoms with Gasteiger partial charge >= 0.3 is 12.1 Å². The van der Waals surface area contributed by atoms with E-state index in [9.17, 15) is 18.0 Å². The lowest BCUT2D eigenvalue weighted by Crippen LogP contribution is -2.34. The maximum Gasteiger partial charge on any atom is 0.416 e. The Labute approximate surface area is 196 Å². The zero-order valence-electron chi connectivity index (χ0n) is 19.0. The summed E-state index contributed by atoms with van der Waals surface area (Å²) in [5.41, 5.74) is 1.68. The summed E-state index contributed by atoms with van der Waals surface area (Å²) in [6, 6.07) is 13.2. The second-order valence-corrected chi connectivity index (χ2v) is 8.23. The van der Waals surface area contributed by atoms with Crippen LogP contribution in [-0.4, -0.2) is 51.4 Å². The molecule has 0 saturated carbocycles. The average Bonchev–Trinajstić information content (AvgIpc) is 3.43. The molecule has 34 heavy (non-hydrogen) atoms. The Bertz CT molecular complexity index is 1050. The van der Waals surface area contributed by atoms with E-state index in [2.05, 4.69) is 34.6 Å². The largest absolute Gasteiger partial charge is 0.492 e. The van der Waals surface area contributed by atoms with Gasteiger partial charge in [-0.3, -0.25) is 0 Å². The number of cyclic esters (lactones) is 1. The highest BCUT2D eigenvalue weighted by Gasteiger charge is 2.33. The van der Waals surface area contributed by atoms with Gasteiger partial charge in [-0.2, -0.15) is 13.2 Å². The van der Waals surface area contributed by atoms with Gasteiger partial charge in [0.25, 0.3) is 0 Å². The summed E-state index contributed by atoms with van der Waals surface area (Å²) in [5.74, 6) is -0.410. The summed E-state index contributed by atoms with van der Waals surface area (Å²) in [7, 11) is 0. The number of para-hydroxylation sites is 2. The summed E-state index contributed by atoms with van der Waals surface area (Å²) in [5, 5.41) is 6.86. The Morgan fingerprint density at radius 3 is 2.79 bits per heavy atom. The van der Waals surface area contributed by atoms with E-state index in [0.29, 0.717) is 6.54 Å². The highest BCUT2D eigenvalue weighted by atomic mass is 19.4. The maximum atomic E-state index is 13.1. The van der Waals surface area contributed by atoms with E-state index in [1.807, 2.05) is 12.1 Å². The third kappa shape index (κ3) is 5.47. The fourth-order valence-electron chi connectivity index (χ4n) is 4.31. The van der Waals surface area contributed by atoms with Gasteiger partial charge in [0.05, 0.1) is 16.9 Å². The van der Waals surface area contributed by atoms with Gasteiger partial charge in [-0.25, -0.2) is 4.79 Å². The molecule has 4 rings (SSSR count). The number of hydrogen-bond acceptors (Lipinski definition) is 6. The molecule has 1 saturated heterocycles. The Hall–Kier alpha value is -3.20. The molecule has 9 heteroatoms. The smallest absolute Gasteiger partial charge is 0.416 e. The quantitative estimate of drug-likeness (QED) is 0.417. The molecule has 2 aliphatic rings. The van der Waals surface area contributed by atoms with E-state index in [4.69, 9.17) is 9.47 Å². The molecule has 0 bridgehead atoms. The van der Waals surface area contributed by atoms with Crippen LogP contribution < -0.4 is 15.5 Å². The van der Waals surface area contributed by atoms with Crippen LogP contribution in [0.3, 0.4) is 0 Å². The van der Waals surface area contributed by atoms with E-state index in [-0.39, 0.29) is 36.2 Å². The first-order chi connectivity index (χ1) is 16.4. The van der Waals surface area contributed by atoms with Crippen LogP contribution in [0.2, 0.25) is 0 Å². The van der Waals surface area contributed by atoms with Crippen LogP contribution in [0.1, 0.15) is 24.5 Å². The second kappa shape index (κ2) is 10.4. The first kappa shape index (κ1) is 23.9. The van der Waals surface area contributed by atoms with E-state index in [0.717, 1.165) is 43.9 Å². The molecular formula is C25H28F3N3O3. The molecule has 2 aromatic carbocycles. The Morgan fingerprint density at radius 1 is 1.18 bits per heavy atom. The summed E-state index contributed by atoms with van der Waals surface area (Å²) >= 11 is 0. The minimum atomic E-state index is -4.49. The Morgan fingerprint density at radius 2 is 2.00 bits per heavy atom. The van der Waals surface area contributed by atoms with Crippen molar-refractivity contribution in [2.45, 2.75) is 25.6 Å². The van der Waals surface area contributed by atoms with Crippen LogP contribution in [0.4, 0.5) is 24.5 Å². The monoisotopic (exact) mass is 475 g/mol. The van der Waals surface area contributed by atoms with Crippen LogP contribution in [0.25, 0.3) is 5.57 Å². The molecule has 0 aliphatic carbocycles. The maximum absolute atomic E-state index is 13.1. The van der Waals surface area contributed by atoms with Gasteiger partial charge < -0.3 is 25.0 Å². The summed E-state index contributed by atoms with van der Waals surface area (Å²) in [4.78, 5) is 14.5. The zero-order valence-corrected chi connectivity index (χ0v) is 19.0. The highest BCUT2D eigenvalue weighted by Crippen LogP contribution is 2.33. The molecule has 2 aromatic rings. The molecular weight excluding hydrogens is 447 g/mol. The molecule has 2 heterocycles. The predicted octanol–water partition coefficient (Wildman–Crippen LogP) is 4.29. The molecule has 0 aromatic heterocycles. The van der Waals surface area contributed by atoms with Crippen molar-refractivity contribution in [1.29, 1.82) is 0 Å². The van der Waals surface area contributed by atoms with Crippen molar-refractivity contribution in [2.24, 2.45) is 0 Å². The number of benzene rings is 2. The number of hydrogen-bond donors (Lipinski definition) is 2. The number of alkyl halides is 3. The van der Waals surface area contributed by atoms with Crippen LogP contribution >= 0.6 is 0 Å². The number of rotatable bonds is 9. The van der Waals surface area contributed by atoms with Gasteiger partial charge in [0.15, 0.2) is 0 Å². The van der Waals surface area contributed by atoms with Crippen LogP contribution in [-0.2, 0) is 20.4 Å². The minimum absolute atomic E-state index is 0.0539. The molecule has 2 aliphatic heterocycles. The summed E-state index contributed by atoms with van der Waals surface area (Å²) < 4.78 is 50.0. The van der Waals surface area contributed by atoms with Gasteiger partial charge in [-0.1, -0.05) is 24.3 Å². The molecule has 0 unspecified atom stereocenters. The van der Waals surface area contributed by atoms with Crippen molar-refractivity contribution in [3.63, 3.8) is 0 Å². The normalized spacial score (nSPS) is 18.4. The molecule has 2 N–H and O–H groups in total. The van der Waals surface area contributed by atoms with Crippen LogP contribution in [0.15, 0.2) is 54.3 Å². The van der Waals surface area contributed by atoms with Crippen molar-refractivity contribution in [3.05, 3.63) is 65.4 Å². The average molecular weight is 476 g/mol. The van der Waals surface area contributed by atoms with Crippen LogP contribution in [0.5, 0.6) is 0 Å². The van der Waals surface area contributed by atoms with Crippen molar-refractivity contribution in [3.8, 4) is 0 Å². The standard InChI is InChI=1S/C25H28F3N3O3/c1-2-29-20-8-3-4-9-21(20)31-12-10-19(15-31)30-11-13-33-22-16-34-24(32)23(22)17-6-5-7-18(14-17)25(26,27)28/h3-9,14,19,29-30H,2,10-13,15-16H2,1H3/t19-/m1/s1. The number of nitrogens with zero attached hydrogens (tertiary/aromatic N) is 1. The third-order valence-corrected chi connectivity index (χ3v) is 5.91. The second-order valence-electron chi connectivity index (χ2n) is 8.23. The minimum Gasteiger partial charge on any atom is -0.492 e. The highest BCUT2D eigenvalue weighted by molar-refractivity contribution is 6.18. The van der Waals surface area contributed by atoms with E-state index in [1.165, 1.54) is 17.8 Å². The lowest BCUT2D eigenvalue weighted by molar-refractivity contribution is -0.138. The van der Waals surface area contributed by atoms with Crippen molar-refractivity contribution >= 4 is 22.9 Å². The number of halogens is 3. The van der Waals surface area contributed by atoms with Crippen LogP contribution in [0, 0.1) is 0 Å².